The summed E-state index contributed by atoms with van der Waals surface area (Å²) in [7, 11) is -3.77. The quantitative estimate of drug-likeness (QED) is 0.569. The first-order valence-electron chi connectivity index (χ1n) is 11.4. The lowest BCUT2D eigenvalue weighted by Crippen LogP contribution is -2.35. The lowest BCUT2D eigenvalue weighted by atomic mass is 9.97. The van der Waals surface area contributed by atoms with Gasteiger partial charge in [-0.05, 0) is 55.4 Å². The first-order chi connectivity index (χ1) is 16.1. The first-order valence-corrected chi connectivity index (χ1v) is 13.3. The van der Waals surface area contributed by atoms with Crippen molar-refractivity contribution in [1.82, 2.24) is 19.5 Å². The van der Waals surface area contributed by atoms with Gasteiger partial charge < -0.3 is 4.90 Å². The van der Waals surface area contributed by atoms with E-state index in [0.29, 0.717) is 31.6 Å². The van der Waals surface area contributed by atoms with Crippen molar-refractivity contribution in [2.45, 2.75) is 39.5 Å². The number of anilines is 1. The second-order valence-corrected chi connectivity index (χ2v) is 11.1. The lowest BCUT2D eigenvalue weighted by molar-refractivity contribution is 0.0977. The van der Waals surface area contributed by atoms with Crippen LogP contribution in [0.4, 0.5) is 10.1 Å². The van der Waals surface area contributed by atoms with Crippen molar-refractivity contribution < 1.29 is 17.6 Å². The fraction of sp³-hybridized carbons (Fsp3) is 0.458. The Kier molecular flexibility index (Phi) is 6.62. The van der Waals surface area contributed by atoms with Crippen LogP contribution in [0.15, 0.2) is 30.3 Å². The zero-order chi connectivity index (χ0) is 24.6. The van der Waals surface area contributed by atoms with Crippen molar-refractivity contribution in [3.63, 3.8) is 0 Å². The largest absolute Gasteiger partial charge is 0.371 e. The summed E-state index contributed by atoms with van der Waals surface area (Å²) in [6, 6.07) is 9.44. The third-order valence-electron chi connectivity index (χ3n) is 6.12. The van der Waals surface area contributed by atoms with Crippen LogP contribution in [0.25, 0.3) is 16.7 Å². The highest BCUT2D eigenvalue weighted by Gasteiger charge is 2.28. The summed E-state index contributed by atoms with van der Waals surface area (Å²) in [5.74, 6) is -0.693. The van der Waals surface area contributed by atoms with Crippen LogP contribution in [0.1, 0.15) is 54.4 Å². The molecule has 1 aliphatic heterocycles. The zero-order valence-corrected chi connectivity index (χ0v) is 20.7. The molecule has 0 atom stereocenters. The number of hydrogen-bond donors (Lipinski definition) is 1. The molecule has 1 fully saturated rings. The molecule has 1 amide bonds. The molecule has 0 aliphatic carbocycles. The van der Waals surface area contributed by atoms with Crippen molar-refractivity contribution in [1.29, 1.82) is 0 Å². The number of piperidine rings is 1. The second-order valence-electron chi connectivity index (χ2n) is 9.30. The van der Waals surface area contributed by atoms with E-state index in [0.717, 1.165) is 34.3 Å². The van der Waals surface area contributed by atoms with Crippen LogP contribution in [-0.2, 0) is 10.0 Å². The van der Waals surface area contributed by atoms with E-state index < -0.39 is 15.9 Å². The minimum atomic E-state index is -3.77. The number of halogens is 1. The van der Waals surface area contributed by atoms with Gasteiger partial charge >= 0.3 is 0 Å². The molecular weight excluding hydrogens is 457 g/mol. The average Bonchev–Trinajstić information content (AvgIpc) is 3.17. The number of sulfonamides is 1. The number of alkyl halides is 1. The second kappa shape index (κ2) is 9.32. The van der Waals surface area contributed by atoms with Crippen molar-refractivity contribution in [2.24, 2.45) is 5.92 Å². The Morgan fingerprint density at radius 3 is 2.53 bits per heavy atom. The molecule has 4 rings (SSSR count). The SMILES string of the molecule is Cc1cccc(-n2nc(C(C)C)c3c(N4CCC(CF)CC4)cc(C(=O)NS(C)(=O)=O)nc32)c1. The number of hydrogen-bond acceptors (Lipinski definition) is 6. The normalized spacial score (nSPS) is 15.3. The van der Waals surface area contributed by atoms with Gasteiger partial charge in [0.1, 0.15) is 5.69 Å². The molecule has 34 heavy (non-hydrogen) atoms. The molecule has 182 valence electrons. The molecule has 0 bridgehead atoms. The van der Waals surface area contributed by atoms with Crippen LogP contribution in [-0.4, -0.2) is 55.1 Å². The number of pyridine rings is 1. The number of carbonyl (C=O) groups is 1. The molecule has 1 aliphatic rings. The summed E-state index contributed by atoms with van der Waals surface area (Å²) >= 11 is 0. The smallest absolute Gasteiger partial charge is 0.283 e. The van der Waals surface area contributed by atoms with Gasteiger partial charge in [0, 0.05) is 13.1 Å². The summed E-state index contributed by atoms with van der Waals surface area (Å²) in [5, 5.41) is 5.70. The topological polar surface area (TPSA) is 97.2 Å². The van der Waals surface area contributed by atoms with E-state index in [1.165, 1.54) is 0 Å². The van der Waals surface area contributed by atoms with Crippen molar-refractivity contribution >= 4 is 32.7 Å². The van der Waals surface area contributed by atoms with E-state index in [1.807, 2.05) is 49.8 Å². The maximum atomic E-state index is 13.2. The molecule has 2 aromatic heterocycles. The molecule has 3 heterocycles. The zero-order valence-electron chi connectivity index (χ0n) is 19.9. The summed E-state index contributed by atoms with van der Waals surface area (Å²) in [4.78, 5) is 19.5. The van der Waals surface area contributed by atoms with Gasteiger partial charge in [-0.2, -0.15) is 5.10 Å². The third-order valence-corrected chi connectivity index (χ3v) is 6.68. The molecule has 3 aromatic rings. The van der Waals surface area contributed by atoms with Gasteiger partial charge in [0.2, 0.25) is 10.0 Å². The van der Waals surface area contributed by atoms with E-state index in [1.54, 1.807) is 10.7 Å². The fourth-order valence-electron chi connectivity index (χ4n) is 4.38. The molecule has 10 heteroatoms. The molecule has 1 aromatic carbocycles. The maximum Gasteiger partial charge on any atom is 0.283 e. The van der Waals surface area contributed by atoms with Crippen LogP contribution in [0.2, 0.25) is 0 Å². The van der Waals surface area contributed by atoms with E-state index in [4.69, 9.17) is 5.10 Å². The predicted molar refractivity (Wildman–Crippen MR) is 131 cm³/mol. The number of aryl methyl sites for hydroxylation is 1. The summed E-state index contributed by atoms with van der Waals surface area (Å²) < 4.78 is 40.4. The van der Waals surface area contributed by atoms with Crippen LogP contribution in [0, 0.1) is 12.8 Å². The predicted octanol–water partition coefficient (Wildman–Crippen LogP) is 3.73. The van der Waals surface area contributed by atoms with Crippen molar-refractivity contribution in [2.75, 3.05) is 30.9 Å². The summed E-state index contributed by atoms with van der Waals surface area (Å²) in [6.07, 6.45) is 2.34. The minimum Gasteiger partial charge on any atom is -0.371 e. The number of rotatable bonds is 6. The Bertz CT molecular complexity index is 1330. The molecule has 0 spiro atoms. The average molecular weight is 488 g/mol. The Hall–Kier alpha value is -3.01. The number of amides is 1. The van der Waals surface area contributed by atoms with Crippen molar-refractivity contribution in [3.05, 3.63) is 47.3 Å². The highest BCUT2D eigenvalue weighted by molar-refractivity contribution is 7.89. The highest BCUT2D eigenvalue weighted by atomic mass is 32.2. The number of nitrogens with one attached hydrogen (secondary N) is 1. The Labute approximate surface area is 199 Å². The van der Waals surface area contributed by atoms with Gasteiger partial charge in [-0.1, -0.05) is 26.0 Å². The van der Waals surface area contributed by atoms with E-state index in [-0.39, 0.29) is 24.2 Å². The molecular formula is C24H30FN5O3S. The third kappa shape index (κ3) is 4.91. The highest BCUT2D eigenvalue weighted by Crippen LogP contribution is 2.36. The van der Waals surface area contributed by atoms with E-state index >= 15 is 0 Å². The van der Waals surface area contributed by atoms with Gasteiger partial charge in [0.05, 0.1) is 35.4 Å². The number of nitrogens with zero attached hydrogens (tertiary/aromatic N) is 4. The number of fused-ring (bicyclic) bond motifs is 1. The molecule has 0 radical (unpaired) electrons. The van der Waals surface area contributed by atoms with Gasteiger partial charge in [-0.15, -0.1) is 0 Å². The van der Waals surface area contributed by atoms with Gasteiger partial charge in [0.25, 0.3) is 5.91 Å². The first kappa shape index (κ1) is 24.1. The van der Waals surface area contributed by atoms with E-state index in [2.05, 4.69) is 9.88 Å². The van der Waals surface area contributed by atoms with Crippen LogP contribution in [0.3, 0.4) is 0 Å². The molecule has 8 nitrogen and oxygen atoms in total. The summed E-state index contributed by atoms with van der Waals surface area (Å²) in [6.45, 7) is 7.00. The lowest BCUT2D eigenvalue weighted by Gasteiger charge is -2.33. The molecule has 0 unspecified atom stereocenters. The monoisotopic (exact) mass is 487 g/mol. The summed E-state index contributed by atoms with van der Waals surface area (Å²) in [5.41, 5.74) is 3.92. The fourth-order valence-corrected chi connectivity index (χ4v) is 4.82. The standard InChI is InChI=1S/C24H30FN5O3S/c1-15(2)22-21-20(29-10-8-17(14-25)9-11-29)13-19(24(31)28-34(4,32)33)26-23(21)30(27-22)18-7-5-6-16(3)12-18/h5-7,12-13,15,17H,8-11,14H2,1-4H3,(H,28,31). The minimum absolute atomic E-state index is 0.00958. The Balaban J connectivity index is 1.96. The van der Waals surface area contributed by atoms with Crippen LogP contribution >= 0.6 is 0 Å². The Morgan fingerprint density at radius 1 is 1.24 bits per heavy atom. The number of benzene rings is 1. The molecule has 1 saturated heterocycles. The van der Waals surface area contributed by atoms with Gasteiger partial charge in [-0.25, -0.2) is 22.8 Å². The Morgan fingerprint density at radius 2 is 1.94 bits per heavy atom. The van der Waals surface area contributed by atoms with Crippen LogP contribution < -0.4 is 9.62 Å². The van der Waals surface area contributed by atoms with Gasteiger partial charge in [-0.3, -0.25) is 9.18 Å². The number of aromatic nitrogens is 3. The van der Waals surface area contributed by atoms with Gasteiger partial charge in [0.15, 0.2) is 5.65 Å². The van der Waals surface area contributed by atoms with Crippen molar-refractivity contribution in [3.8, 4) is 5.69 Å². The van der Waals surface area contributed by atoms with Crippen LogP contribution in [0.5, 0.6) is 0 Å². The molecule has 0 saturated carbocycles. The molecule has 1 N–H and O–H groups in total. The maximum absolute atomic E-state index is 13.2. The number of carbonyl (C=O) groups excluding carboxylic acids is 1. The van der Waals surface area contributed by atoms with E-state index in [9.17, 15) is 17.6 Å².